The molecule has 0 unspecified atom stereocenters. The molecule has 8 nitrogen and oxygen atoms in total. The lowest BCUT2D eigenvalue weighted by atomic mass is 9.97. The number of carbonyl (C=O) groups excluding carboxylic acids is 2. The van der Waals surface area contributed by atoms with Gasteiger partial charge in [0.2, 0.25) is 0 Å². The van der Waals surface area contributed by atoms with Crippen molar-refractivity contribution in [3.05, 3.63) is 38.9 Å². The van der Waals surface area contributed by atoms with Crippen molar-refractivity contribution < 1.29 is 19.2 Å². The van der Waals surface area contributed by atoms with Gasteiger partial charge in [-0.1, -0.05) is 30.5 Å². The van der Waals surface area contributed by atoms with Crippen molar-refractivity contribution >= 4 is 29.3 Å². The predicted octanol–water partition coefficient (Wildman–Crippen LogP) is 4.06. The summed E-state index contributed by atoms with van der Waals surface area (Å²) in [4.78, 5) is 35.4. The number of nitro benzene ring substituents is 1. The van der Waals surface area contributed by atoms with E-state index in [4.69, 9.17) is 16.3 Å². The summed E-state index contributed by atoms with van der Waals surface area (Å²) in [6.45, 7) is 5.46. The van der Waals surface area contributed by atoms with E-state index in [9.17, 15) is 19.7 Å². The fraction of sp³-hybridized carbons (Fsp3) is 0.579. The molecule has 0 aromatic heterocycles. The van der Waals surface area contributed by atoms with E-state index in [1.807, 2.05) is 0 Å². The number of ether oxygens (including phenoxy) is 1. The Labute approximate surface area is 169 Å². The normalized spacial score (nSPS) is 15.7. The van der Waals surface area contributed by atoms with E-state index in [1.165, 1.54) is 18.2 Å². The molecule has 1 aromatic rings. The van der Waals surface area contributed by atoms with Crippen LogP contribution in [-0.4, -0.2) is 35.1 Å². The first kappa shape index (κ1) is 21.9. The van der Waals surface area contributed by atoms with E-state index < -0.39 is 22.5 Å². The van der Waals surface area contributed by atoms with Crippen molar-refractivity contribution in [1.29, 1.82) is 0 Å². The molecule has 1 aromatic carbocycles. The zero-order valence-corrected chi connectivity index (χ0v) is 17.0. The minimum atomic E-state index is -0.635. The van der Waals surface area contributed by atoms with E-state index in [0.717, 1.165) is 25.7 Å². The third-order valence-electron chi connectivity index (χ3n) is 4.57. The highest BCUT2D eigenvalue weighted by atomic mass is 35.5. The number of carbonyl (C=O) groups is 2. The Balaban J connectivity index is 2.14. The molecule has 0 heterocycles. The van der Waals surface area contributed by atoms with Crippen molar-refractivity contribution in [2.45, 2.75) is 58.1 Å². The molecule has 1 aliphatic carbocycles. The lowest BCUT2D eigenvalue weighted by Crippen LogP contribution is -2.48. The molecule has 0 aliphatic heterocycles. The van der Waals surface area contributed by atoms with Crippen LogP contribution in [0.5, 0.6) is 0 Å². The second-order valence-electron chi connectivity index (χ2n) is 7.90. The number of benzene rings is 1. The van der Waals surface area contributed by atoms with Crippen LogP contribution in [-0.2, 0) is 4.74 Å². The Morgan fingerprint density at radius 2 is 1.96 bits per heavy atom. The zero-order valence-electron chi connectivity index (χ0n) is 16.3. The lowest BCUT2D eigenvalue weighted by Gasteiger charge is -2.26. The molecule has 2 amide bonds. The van der Waals surface area contributed by atoms with E-state index in [1.54, 1.807) is 20.8 Å². The van der Waals surface area contributed by atoms with Gasteiger partial charge in [-0.15, -0.1) is 0 Å². The van der Waals surface area contributed by atoms with Gasteiger partial charge in [-0.05, 0) is 45.6 Å². The number of hydrogen-bond donors (Lipinski definition) is 2. The summed E-state index contributed by atoms with van der Waals surface area (Å²) in [5, 5.41) is 16.8. The van der Waals surface area contributed by atoms with Crippen LogP contribution in [0.15, 0.2) is 18.2 Å². The summed E-state index contributed by atoms with van der Waals surface area (Å²) < 4.78 is 5.24. The number of hydrogen-bond acceptors (Lipinski definition) is 5. The van der Waals surface area contributed by atoms with Gasteiger partial charge in [0.1, 0.15) is 11.2 Å². The van der Waals surface area contributed by atoms with Crippen molar-refractivity contribution in [3.8, 4) is 0 Å². The molecule has 0 radical (unpaired) electrons. The molecule has 1 atom stereocenters. The van der Waals surface area contributed by atoms with Crippen LogP contribution in [0.3, 0.4) is 0 Å². The number of nitrogens with zero attached hydrogens (tertiary/aromatic N) is 1. The van der Waals surface area contributed by atoms with Gasteiger partial charge in [0.05, 0.1) is 9.95 Å². The minimum Gasteiger partial charge on any atom is -0.444 e. The quantitative estimate of drug-likeness (QED) is 0.541. The third kappa shape index (κ3) is 6.09. The minimum absolute atomic E-state index is 0.0111. The van der Waals surface area contributed by atoms with Gasteiger partial charge in [0.25, 0.3) is 11.6 Å². The topological polar surface area (TPSA) is 111 Å². The van der Waals surface area contributed by atoms with Gasteiger partial charge in [-0.25, -0.2) is 4.79 Å². The van der Waals surface area contributed by atoms with Gasteiger partial charge in [0, 0.05) is 18.7 Å². The van der Waals surface area contributed by atoms with Crippen LogP contribution in [0.4, 0.5) is 10.5 Å². The van der Waals surface area contributed by atoms with Crippen molar-refractivity contribution in [2.75, 3.05) is 6.54 Å². The van der Waals surface area contributed by atoms with Gasteiger partial charge < -0.3 is 15.4 Å². The number of rotatable bonds is 6. The molecular weight excluding hydrogens is 386 g/mol. The molecule has 154 valence electrons. The van der Waals surface area contributed by atoms with Crippen LogP contribution >= 0.6 is 11.6 Å². The maximum Gasteiger partial charge on any atom is 0.407 e. The monoisotopic (exact) mass is 411 g/mol. The van der Waals surface area contributed by atoms with Crippen LogP contribution in [0, 0.1) is 16.0 Å². The highest BCUT2D eigenvalue weighted by Gasteiger charge is 2.31. The van der Waals surface area contributed by atoms with Gasteiger partial charge in [0.15, 0.2) is 0 Å². The summed E-state index contributed by atoms with van der Waals surface area (Å²) >= 11 is 6.06. The molecule has 2 rings (SSSR count). The van der Waals surface area contributed by atoms with Gasteiger partial charge >= 0.3 is 6.09 Å². The average Bonchev–Trinajstić information content (AvgIpc) is 3.10. The number of halogens is 1. The maximum atomic E-state index is 12.8. The molecule has 0 bridgehead atoms. The molecular formula is C19H26ClN3O5. The van der Waals surface area contributed by atoms with Gasteiger partial charge in [-0.3, -0.25) is 14.9 Å². The molecule has 28 heavy (non-hydrogen) atoms. The van der Waals surface area contributed by atoms with Gasteiger partial charge in [-0.2, -0.15) is 0 Å². The Hall–Kier alpha value is -2.35. The Morgan fingerprint density at radius 1 is 1.32 bits per heavy atom. The summed E-state index contributed by atoms with van der Waals surface area (Å²) in [7, 11) is 0. The largest absolute Gasteiger partial charge is 0.444 e. The summed E-state index contributed by atoms with van der Waals surface area (Å²) in [5.74, 6) is -0.458. The van der Waals surface area contributed by atoms with Crippen LogP contribution in [0.25, 0.3) is 0 Å². The standard InChI is InChI=1S/C19H26ClN3O5/c1-19(2,3)28-18(25)21-11-14(12-7-4-5-8-12)22-17(24)16-13(20)9-6-10-15(16)23(26)27/h6,9-10,12,14H,4-5,7-8,11H2,1-3H3,(H,21,25)(H,22,24)/t14-/m0/s1. The van der Waals surface area contributed by atoms with Crippen molar-refractivity contribution in [1.82, 2.24) is 10.6 Å². The van der Waals surface area contributed by atoms with E-state index in [2.05, 4.69) is 10.6 Å². The Morgan fingerprint density at radius 3 is 2.54 bits per heavy atom. The van der Waals surface area contributed by atoms with E-state index in [0.29, 0.717) is 0 Å². The predicted molar refractivity (Wildman–Crippen MR) is 106 cm³/mol. The summed E-state index contributed by atoms with van der Waals surface area (Å²) in [6, 6.07) is 3.73. The highest BCUT2D eigenvalue weighted by Crippen LogP contribution is 2.30. The number of amides is 2. The highest BCUT2D eigenvalue weighted by molar-refractivity contribution is 6.34. The van der Waals surface area contributed by atoms with E-state index in [-0.39, 0.29) is 34.8 Å². The number of alkyl carbamates (subject to hydrolysis) is 1. The van der Waals surface area contributed by atoms with Crippen LogP contribution < -0.4 is 10.6 Å². The Bertz CT molecular complexity index is 742. The second kappa shape index (κ2) is 9.23. The number of nitrogens with one attached hydrogen (secondary N) is 2. The summed E-state index contributed by atoms with van der Waals surface area (Å²) in [5.41, 5.74) is -1.15. The molecule has 9 heteroatoms. The van der Waals surface area contributed by atoms with Crippen molar-refractivity contribution in [2.24, 2.45) is 5.92 Å². The number of nitro groups is 1. The van der Waals surface area contributed by atoms with Crippen LogP contribution in [0.2, 0.25) is 5.02 Å². The summed E-state index contributed by atoms with van der Waals surface area (Å²) in [6.07, 6.45) is 3.32. The first-order valence-electron chi connectivity index (χ1n) is 9.29. The average molecular weight is 412 g/mol. The molecule has 1 saturated carbocycles. The lowest BCUT2D eigenvalue weighted by molar-refractivity contribution is -0.385. The first-order valence-corrected chi connectivity index (χ1v) is 9.67. The molecule has 1 aliphatic rings. The van der Waals surface area contributed by atoms with Crippen molar-refractivity contribution in [3.63, 3.8) is 0 Å². The second-order valence-corrected chi connectivity index (χ2v) is 8.31. The third-order valence-corrected chi connectivity index (χ3v) is 4.88. The van der Waals surface area contributed by atoms with Crippen LogP contribution in [0.1, 0.15) is 56.8 Å². The van der Waals surface area contributed by atoms with E-state index >= 15 is 0 Å². The smallest absolute Gasteiger partial charge is 0.407 e. The maximum absolute atomic E-state index is 12.8. The zero-order chi connectivity index (χ0) is 20.9. The molecule has 2 N–H and O–H groups in total. The fourth-order valence-electron chi connectivity index (χ4n) is 3.33. The fourth-order valence-corrected chi connectivity index (χ4v) is 3.59. The first-order chi connectivity index (χ1) is 13.1. The SMILES string of the molecule is CC(C)(C)OC(=O)NC[C@H](NC(=O)c1c(Cl)cccc1[N+](=O)[O-])C1CCCC1. The Kier molecular flexibility index (Phi) is 7.23. The molecule has 1 fully saturated rings. The molecule has 0 spiro atoms. The molecule has 0 saturated heterocycles.